The number of imidazole rings is 1. The van der Waals surface area contributed by atoms with Crippen LogP contribution >= 0.6 is 0 Å². The number of nitrogens with zero attached hydrogens (tertiary/aromatic N) is 1. The summed E-state index contributed by atoms with van der Waals surface area (Å²) in [6.07, 6.45) is 1.50. The highest BCUT2D eigenvalue weighted by atomic mass is 16.6. The molecule has 2 aromatic rings. The molecular formula is C19H25N5O5. The Kier molecular flexibility index (Phi) is 7.58. The number of alkyl carbamates (subject to hydrolysis) is 1. The van der Waals surface area contributed by atoms with Gasteiger partial charge in [0.15, 0.2) is 0 Å². The summed E-state index contributed by atoms with van der Waals surface area (Å²) in [5.74, 6) is -0.651. The summed E-state index contributed by atoms with van der Waals surface area (Å²) in [4.78, 5) is 43.0. The van der Waals surface area contributed by atoms with Crippen molar-refractivity contribution in [2.45, 2.75) is 45.4 Å². The van der Waals surface area contributed by atoms with E-state index in [2.05, 4.69) is 26.1 Å². The lowest BCUT2D eigenvalue weighted by atomic mass is 10.1. The van der Waals surface area contributed by atoms with Gasteiger partial charge < -0.3 is 19.8 Å². The predicted octanol–water partition coefficient (Wildman–Crippen LogP) is 1.80. The Morgan fingerprint density at radius 2 is 1.83 bits per heavy atom. The highest BCUT2D eigenvalue weighted by molar-refractivity contribution is 5.87. The molecule has 0 aliphatic rings. The van der Waals surface area contributed by atoms with E-state index < -0.39 is 29.7 Å². The first kappa shape index (κ1) is 21.7. The Balaban J connectivity index is 1.92. The summed E-state index contributed by atoms with van der Waals surface area (Å²) in [6, 6.07) is 8.11. The maximum atomic E-state index is 12.5. The minimum Gasteiger partial charge on any atom is -0.445 e. The fourth-order valence-electron chi connectivity index (χ4n) is 2.24. The van der Waals surface area contributed by atoms with Crippen LogP contribution in [0.4, 0.5) is 9.59 Å². The van der Waals surface area contributed by atoms with E-state index in [1.807, 2.05) is 30.3 Å². The SMILES string of the molecule is CC(C)(C)OC(=O)NNC(=O)[C@H](Cc1cnc[nH]1)NC(=O)OCc1ccccc1. The monoisotopic (exact) mass is 403 g/mol. The zero-order chi connectivity index (χ0) is 21.3. The second-order valence-electron chi connectivity index (χ2n) is 7.16. The van der Waals surface area contributed by atoms with E-state index in [4.69, 9.17) is 9.47 Å². The summed E-state index contributed by atoms with van der Waals surface area (Å²) >= 11 is 0. The van der Waals surface area contributed by atoms with Gasteiger partial charge in [-0.05, 0) is 26.3 Å². The van der Waals surface area contributed by atoms with Crippen LogP contribution in [0.1, 0.15) is 32.0 Å². The van der Waals surface area contributed by atoms with E-state index in [0.717, 1.165) is 5.56 Å². The first-order valence-electron chi connectivity index (χ1n) is 8.96. The summed E-state index contributed by atoms with van der Waals surface area (Å²) in [6.45, 7) is 5.14. The second kappa shape index (κ2) is 10.1. The largest absolute Gasteiger partial charge is 0.445 e. The Morgan fingerprint density at radius 1 is 1.10 bits per heavy atom. The van der Waals surface area contributed by atoms with Crippen molar-refractivity contribution in [2.75, 3.05) is 0 Å². The second-order valence-corrected chi connectivity index (χ2v) is 7.16. The third kappa shape index (κ3) is 8.33. The number of aromatic amines is 1. The van der Waals surface area contributed by atoms with Crippen molar-refractivity contribution in [2.24, 2.45) is 0 Å². The number of hydrogen-bond donors (Lipinski definition) is 4. The van der Waals surface area contributed by atoms with E-state index in [1.165, 1.54) is 12.5 Å². The molecule has 3 amide bonds. The molecule has 1 aromatic carbocycles. The van der Waals surface area contributed by atoms with Gasteiger partial charge in [-0.1, -0.05) is 30.3 Å². The number of amides is 3. The topological polar surface area (TPSA) is 134 Å². The number of hydrogen-bond acceptors (Lipinski definition) is 6. The van der Waals surface area contributed by atoms with Crippen LogP contribution in [0, 0.1) is 0 Å². The molecule has 0 unspecified atom stereocenters. The standard InChI is InChI=1S/C19H25N5O5/c1-19(2,3)29-18(27)24-23-16(25)15(9-14-10-20-12-21-14)22-17(26)28-11-13-7-5-4-6-8-13/h4-8,10,12,15H,9,11H2,1-3H3,(H,20,21)(H,22,26)(H,23,25)(H,24,27)/t15-/m0/s1. The van der Waals surface area contributed by atoms with Gasteiger partial charge in [0.05, 0.1) is 6.33 Å². The normalized spacial score (nSPS) is 11.8. The lowest BCUT2D eigenvalue weighted by Crippen LogP contribution is -2.53. The molecule has 0 spiro atoms. The quantitative estimate of drug-likeness (QED) is 0.543. The van der Waals surface area contributed by atoms with Crippen LogP contribution < -0.4 is 16.2 Å². The maximum Gasteiger partial charge on any atom is 0.426 e. The minimum absolute atomic E-state index is 0.0568. The number of rotatable bonds is 6. The average molecular weight is 403 g/mol. The molecule has 156 valence electrons. The van der Waals surface area contributed by atoms with Crippen molar-refractivity contribution >= 4 is 18.1 Å². The fraction of sp³-hybridized carbons (Fsp3) is 0.368. The van der Waals surface area contributed by atoms with Crippen LogP contribution in [0.5, 0.6) is 0 Å². The van der Waals surface area contributed by atoms with Gasteiger partial charge in [-0.2, -0.15) is 0 Å². The average Bonchev–Trinajstić information content (AvgIpc) is 3.16. The Hall–Kier alpha value is -3.56. The number of hydrazine groups is 1. The van der Waals surface area contributed by atoms with Crippen LogP contribution in [0.15, 0.2) is 42.9 Å². The lowest BCUT2D eigenvalue weighted by molar-refractivity contribution is -0.124. The van der Waals surface area contributed by atoms with Crippen LogP contribution in [0.2, 0.25) is 0 Å². The van der Waals surface area contributed by atoms with Gasteiger partial charge in [0, 0.05) is 18.3 Å². The van der Waals surface area contributed by atoms with E-state index in [1.54, 1.807) is 20.8 Å². The van der Waals surface area contributed by atoms with Gasteiger partial charge in [-0.15, -0.1) is 0 Å². The predicted molar refractivity (Wildman–Crippen MR) is 103 cm³/mol. The lowest BCUT2D eigenvalue weighted by Gasteiger charge is -2.21. The molecule has 0 aliphatic heterocycles. The Labute approximate surface area is 168 Å². The smallest absolute Gasteiger partial charge is 0.426 e. The Bertz CT molecular complexity index is 802. The van der Waals surface area contributed by atoms with E-state index in [-0.39, 0.29) is 13.0 Å². The first-order valence-corrected chi connectivity index (χ1v) is 8.96. The number of ether oxygens (including phenoxy) is 2. The van der Waals surface area contributed by atoms with Gasteiger partial charge in [0.1, 0.15) is 18.2 Å². The molecular weight excluding hydrogens is 378 g/mol. The molecule has 0 saturated carbocycles. The maximum absolute atomic E-state index is 12.5. The summed E-state index contributed by atoms with van der Waals surface area (Å²) in [7, 11) is 0. The van der Waals surface area contributed by atoms with E-state index >= 15 is 0 Å². The van der Waals surface area contributed by atoms with E-state index in [0.29, 0.717) is 5.69 Å². The number of carbonyl (C=O) groups is 3. The molecule has 1 aromatic heterocycles. The molecule has 0 aliphatic carbocycles. The highest BCUT2D eigenvalue weighted by Crippen LogP contribution is 2.06. The van der Waals surface area contributed by atoms with Gasteiger partial charge in [0.25, 0.3) is 5.91 Å². The van der Waals surface area contributed by atoms with E-state index in [9.17, 15) is 14.4 Å². The number of nitrogens with one attached hydrogen (secondary N) is 4. The molecule has 29 heavy (non-hydrogen) atoms. The molecule has 2 rings (SSSR count). The van der Waals surface area contributed by atoms with Gasteiger partial charge in [-0.25, -0.2) is 20.0 Å². The van der Waals surface area contributed by atoms with Gasteiger partial charge >= 0.3 is 12.2 Å². The van der Waals surface area contributed by atoms with Crippen LogP contribution in [-0.2, 0) is 27.3 Å². The highest BCUT2D eigenvalue weighted by Gasteiger charge is 2.24. The molecule has 0 bridgehead atoms. The van der Waals surface area contributed by atoms with Gasteiger partial charge in [0.2, 0.25) is 0 Å². The minimum atomic E-state index is -1.02. The molecule has 10 nitrogen and oxygen atoms in total. The molecule has 10 heteroatoms. The Morgan fingerprint density at radius 3 is 2.45 bits per heavy atom. The summed E-state index contributed by atoms with van der Waals surface area (Å²) in [5, 5.41) is 2.48. The number of aromatic nitrogens is 2. The van der Waals surface area contributed by atoms with Crippen LogP contribution in [0.25, 0.3) is 0 Å². The zero-order valence-electron chi connectivity index (χ0n) is 16.5. The molecule has 0 radical (unpaired) electrons. The molecule has 0 saturated heterocycles. The first-order chi connectivity index (χ1) is 13.7. The third-order valence-corrected chi connectivity index (χ3v) is 3.49. The molecule has 1 atom stereocenters. The van der Waals surface area contributed by atoms with Crippen molar-refractivity contribution in [1.29, 1.82) is 0 Å². The number of H-pyrrole nitrogens is 1. The third-order valence-electron chi connectivity index (χ3n) is 3.49. The molecule has 1 heterocycles. The van der Waals surface area contributed by atoms with Crippen molar-refractivity contribution in [3.63, 3.8) is 0 Å². The van der Waals surface area contributed by atoms with Crippen molar-refractivity contribution in [3.05, 3.63) is 54.1 Å². The van der Waals surface area contributed by atoms with Gasteiger partial charge in [-0.3, -0.25) is 10.2 Å². The molecule has 4 N–H and O–H groups in total. The van der Waals surface area contributed by atoms with Crippen molar-refractivity contribution < 1.29 is 23.9 Å². The summed E-state index contributed by atoms with van der Waals surface area (Å²) < 4.78 is 10.2. The fourth-order valence-corrected chi connectivity index (χ4v) is 2.24. The van der Waals surface area contributed by atoms with Crippen LogP contribution in [-0.4, -0.2) is 39.7 Å². The number of carbonyl (C=O) groups excluding carboxylic acids is 3. The number of benzene rings is 1. The zero-order valence-corrected chi connectivity index (χ0v) is 16.5. The summed E-state index contributed by atoms with van der Waals surface area (Å²) in [5.41, 5.74) is 5.09. The molecule has 0 fully saturated rings. The van der Waals surface area contributed by atoms with Crippen LogP contribution in [0.3, 0.4) is 0 Å². The van der Waals surface area contributed by atoms with Crippen molar-refractivity contribution in [3.8, 4) is 0 Å². The van der Waals surface area contributed by atoms with Crippen molar-refractivity contribution in [1.82, 2.24) is 26.1 Å².